The highest BCUT2D eigenvalue weighted by molar-refractivity contribution is 6.30. The van der Waals surface area contributed by atoms with Gasteiger partial charge in [0, 0.05) is 16.7 Å². The lowest BCUT2D eigenvalue weighted by Crippen LogP contribution is -2.33. The third kappa shape index (κ3) is 5.24. The van der Waals surface area contributed by atoms with E-state index in [9.17, 15) is 4.79 Å². The second-order valence-corrected chi connectivity index (χ2v) is 7.40. The second kappa shape index (κ2) is 10.1. The van der Waals surface area contributed by atoms with E-state index >= 15 is 0 Å². The van der Waals surface area contributed by atoms with E-state index in [0.717, 1.165) is 11.1 Å². The number of hydrogen-bond donors (Lipinski definition) is 2. The highest BCUT2D eigenvalue weighted by atomic mass is 35.5. The number of rotatable bonds is 7. The molecular weight excluding hydrogens is 444 g/mol. The molecule has 2 N–H and O–H groups in total. The molecule has 168 valence electrons. The molecule has 0 bridgehead atoms. The van der Waals surface area contributed by atoms with Crippen LogP contribution in [0.4, 0.5) is 10.5 Å². The number of halogens is 1. The maximum Gasteiger partial charge on any atom is 0.320 e. The lowest BCUT2D eigenvalue weighted by atomic mass is 10.1. The van der Waals surface area contributed by atoms with Crippen molar-refractivity contribution in [2.75, 3.05) is 19.5 Å². The van der Waals surface area contributed by atoms with Crippen molar-refractivity contribution in [3.05, 3.63) is 89.3 Å². The van der Waals surface area contributed by atoms with Crippen LogP contribution in [0.5, 0.6) is 11.5 Å². The molecule has 0 fully saturated rings. The van der Waals surface area contributed by atoms with Crippen LogP contribution >= 0.6 is 11.6 Å². The Morgan fingerprint density at radius 2 is 1.73 bits per heavy atom. The summed E-state index contributed by atoms with van der Waals surface area (Å²) in [6.07, 6.45) is 0. The average molecular weight is 465 g/mol. The van der Waals surface area contributed by atoms with Gasteiger partial charge in [-0.05, 0) is 42.0 Å². The standard InChI is InChI=1S/C24H21ClN4O4/c1-31-18-12-13-19(20(14-18)32-2)26-24(30)27-21(15-6-4-3-5-7-15)23-29-28-22(33-23)16-8-10-17(25)11-9-16/h3-14,21H,1-2H3,(H2,26,27,30)/t21-/m1/s1. The highest BCUT2D eigenvalue weighted by Gasteiger charge is 2.24. The van der Waals surface area contributed by atoms with Gasteiger partial charge in [0.2, 0.25) is 11.8 Å². The zero-order chi connectivity index (χ0) is 23.2. The fourth-order valence-corrected chi connectivity index (χ4v) is 3.31. The number of amides is 2. The molecule has 0 saturated heterocycles. The van der Waals surface area contributed by atoms with Gasteiger partial charge in [0.25, 0.3) is 0 Å². The molecule has 3 aromatic carbocycles. The number of carbonyl (C=O) groups excluding carboxylic acids is 1. The van der Waals surface area contributed by atoms with Crippen molar-refractivity contribution in [1.82, 2.24) is 15.5 Å². The van der Waals surface area contributed by atoms with E-state index in [0.29, 0.717) is 28.1 Å². The zero-order valence-electron chi connectivity index (χ0n) is 17.9. The zero-order valence-corrected chi connectivity index (χ0v) is 18.7. The predicted octanol–water partition coefficient (Wildman–Crippen LogP) is 5.32. The summed E-state index contributed by atoms with van der Waals surface area (Å²) in [6.45, 7) is 0. The molecule has 1 atom stereocenters. The summed E-state index contributed by atoms with van der Waals surface area (Å²) in [7, 11) is 3.07. The van der Waals surface area contributed by atoms with Gasteiger partial charge in [-0.2, -0.15) is 0 Å². The van der Waals surface area contributed by atoms with Gasteiger partial charge < -0.3 is 24.5 Å². The molecule has 0 aliphatic carbocycles. The first-order chi connectivity index (χ1) is 16.1. The number of nitrogens with one attached hydrogen (secondary N) is 2. The summed E-state index contributed by atoms with van der Waals surface area (Å²) in [5, 5.41) is 14.6. The summed E-state index contributed by atoms with van der Waals surface area (Å²) >= 11 is 5.96. The summed E-state index contributed by atoms with van der Waals surface area (Å²) < 4.78 is 16.5. The minimum absolute atomic E-state index is 0.239. The van der Waals surface area contributed by atoms with Crippen LogP contribution in [0.25, 0.3) is 11.5 Å². The van der Waals surface area contributed by atoms with E-state index in [1.807, 2.05) is 30.3 Å². The highest BCUT2D eigenvalue weighted by Crippen LogP contribution is 2.30. The summed E-state index contributed by atoms with van der Waals surface area (Å²) in [6, 6.07) is 20.3. The molecule has 1 heterocycles. The first kappa shape index (κ1) is 22.2. The van der Waals surface area contributed by atoms with Gasteiger partial charge in [0.15, 0.2) is 0 Å². The Labute approximate surface area is 195 Å². The van der Waals surface area contributed by atoms with Gasteiger partial charge in [-0.25, -0.2) is 4.79 Å². The third-order valence-corrected chi connectivity index (χ3v) is 5.10. The molecule has 4 rings (SSSR count). The number of carbonyl (C=O) groups is 1. The van der Waals surface area contributed by atoms with Crippen molar-refractivity contribution in [3.63, 3.8) is 0 Å². The molecule has 8 nitrogen and oxygen atoms in total. The largest absolute Gasteiger partial charge is 0.497 e. The van der Waals surface area contributed by atoms with Crippen molar-refractivity contribution in [2.24, 2.45) is 0 Å². The van der Waals surface area contributed by atoms with Crippen LogP contribution in [-0.2, 0) is 0 Å². The number of anilines is 1. The monoisotopic (exact) mass is 464 g/mol. The van der Waals surface area contributed by atoms with Crippen molar-refractivity contribution in [2.45, 2.75) is 6.04 Å². The van der Waals surface area contributed by atoms with E-state index in [2.05, 4.69) is 20.8 Å². The molecule has 0 aliphatic rings. The fourth-order valence-electron chi connectivity index (χ4n) is 3.18. The quantitative estimate of drug-likeness (QED) is 0.384. The van der Waals surface area contributed by atoms with Gasteiger partial charge in [-0.15, -0.1) is 10.2 Å². The summed E-state index contributed by atoms with van der Waals surface area (Å²) in [4.78, 5) is 12.9. The fraction of sp³-hybridized carbons (Fsp3) is 0.125. The van der Waals surface area contributed by atoms with E-state index in [-0.39, 0.29) is 5.89 Å². The summed E-state index contributed by atoms with van der Waals surface area (Å²) in [5.74, 6) is 1.63. The van der Waals surface area contributed by atoms with Crippen LogP contribution < -0.4 is 20.1 Å². The Hall–Kier alpha value is -4.04. The van der Waals surface area contributed by atoms with E-state index in [1.54, 1.807) is 49.6 Å². The van der Waals surface area contributed by atoms with Gasteiger partial charge in [0.1, 0.15) is 17.5 Å². The molecule has 9 heteroatoms. The Morgan fingerprint density at radius 1 is 0.970 bits per heavy atom. The van der Waals surface area contributed by atoms with Crippen LogP contribution in [0.2, 0.25) is 5.02 Å². The predicted molar refractivity (Wildman–Crippen MR) is 125 cm³/mol. The second-order valence-electron chi connectivity index (χ2n) is 6.96. The number of ether oxygens (including phenoxy) is 2. The average Bonchev–Trinajstić information content (AvgIpc) is 3.33. The molecule has 0 aliphatic heterocycles. The lowest BCUT2D eigenvalue weighted by molar-refractivity contribution is 0.248. The van der Waals surface area contributed by atoms with Crippen molar-refractivity contribution < 1.29 is 18.7 Å². The van der Waals surface area contributed by atoms with Crippen molar-refractivity contribution >= 4 is 23.3 Å². The van der Waals surface area contributed by atoms with E-state index < -0.39 is 12.1 Å². The Morgan fingerprint density at radius 3 is 2.42 bits per heavy atom. The molecule has 0 radical (unpaired) electrons. The minimum Gasteiger partial charge on any atom is -0.497 e. The lowest BCUT2D eigenvalue weighted by Gasteiger charge is -2.17. The van der Waals surface area contributed by atoms with Gasteiger partial charge in [0.05, 0.1) is 19.9 Å². The molecule has 1 aromatic heterocycles. The Kier molecular flexibility index (Phi) is 6.75. The number of methoxy groups -OCH3 is 2. The molecular formula is C24H21ClN4O4. The van der Waals surface area contributed by atoms with Crippen LogP contribution in [0.3, 0.4) is 0 Å². The molecule has 4 aromatic rings. The van der Waals surface area contributed by atoms with Crippen LogP contribution in [-0.4, -0.2) is 30.4 Å². The van der Waals surface area contributed by atoms with Gasteiger partial charge in [-0.3, -0.25) is 0 Å². The molecule has 2 amide bonds. The van der Waals surface area contributed by atoms with E-state index in [4.69, 9.17) is 25.5 Å². The third-order valence-electron chi connectivity index (χ3n) is 4.84. The maximum absolute atomic E-state index is 12.9. The maximum atomic E-state index is 12.9. The minimum atomic E-state index is -0.677. The molecule has 0 saturated carbocycles. The number of urea groups is 1. The number of hydrogen-bond acceptors (Lipinski definition) is 6. The Bertz CT molecular complexity index is 1230. The SMILES string of the molecule is COc1ccc(NC(=O)N[C@H](c2ccccc2)c2nnc(-c3ccc(Cl)cc3)o2)c(OC)c1. The first-order valence-electron chi connectivity index (χ1n) is 10.0. The molecule has 0 spiro atoms. The van der Waals surface area contributed by atoms with Gasteiger partial charge in [-0.1, -0.05) is 41.9 Å². The number of nitrogens with zero attached hydrogens (tertiary/aromatic N) is 2. The number of aromatic nitrogens is 2. The van der Waals surface area contributed by atoms with E-state index in [1.165, 1.54) is 7.11 Å². The van der Waals surface area contributed by atoms with Gasteiger partial charge >= 0.3 is 6.03 Å². The van der Waals surface area contributed by atoms with Crippen molar-refractivity contribution in [3.8, 4) is 23.0 Å². The molecule has 33 heavy (non-hydrogen) atoms. The van der Waals surface area contributed by atoms with Crippen LogP contribution in [0.15, 0.2) is 77.2 Å². The topological polar surface area (TPSA) is 98.5 Å². The van der Waals surface area contributed by atoms with Crippen molar-refractivity contribution in [1.29, 1.82) is 0 Å². The normalized spacial score (nSPS) is 11.5. The first-order valence-corrected chi connectivity index (χ1v) is 10.4. The Balaban J connectivity index is 1.59. The van der Waals surface area contributed by atoms with Crippen LogP contribution in [0.1, 0.15) is 17.5 Å². The number of benzene rings is 3. The molecule has 0 unspecified atom stereocenters. The van der Waals surface area contributed by atoms with Crippen LogP contribution in [0, 0.1) is 0 Å². The summed E-state index contributed by atoms with van der Waals surface area (Å²) in [5.41, 5.74) is 1.98. The smallest absolute Gasteiger partial charge is 0.320 e.